The van der Waals surface area contributed by atoms with Gasteiger partial charge in [-0.25, -0.2) is 12.7 Å². The van der Waals surface area contributed by atoms with Crippen LogP contribution >= 0.6 is 24.0 Å². The first-order valence-corrected chi connectivity index (χ1v) is 12.5. The summed E-state index contributed by atoms with van der Waals surface area (Å²) in [5.41, 5.74) is 0. The summed E-state index contributed by atoms with van der Waals surface area (Å²) >= 11 is 0. The van der Waals surface area contributed by atoms with Gasteiger partial charge in [-0.3, -0.25) is 14.7 Å². The molecule has 176 valence electrons. The molecule has 0 atom stereocenters. The quantitative estimate of drug-likeness (QED) is 0.267. The second kappa shape index (κ2) is 13.0. The molecule has 0 aliphatic carbocycles. The maximum Gasteiger partial charge on any atom is 0.236 e. The van der Waals surface area contributed by atoms with Crippen molar-refractivity contribution in [1.82, 2.24) is 24.7 Å². The standard InChI is InChI=1S/C19H38N6O3S.HI/c1-5-20-19(21-14-16-6-12-25(13-7-16)29(4,27)28)22-17-8-10-24(11-9-17)15-18(26)23(2)3;/h16-17H,5-15H2,1-4H3,(H2,20,21,22);1H. The molecule has 2 fully saturated rings. The second-order valence-corrected chi connectivity index (χ2v) is 10.3. The van der Waals surface area contributed by atoms with Crippen LogP contribution in [0.15, 0.2) is 4.99 Å². The van der Waals surface area contributed by atoms with Crippen molar-refractivity contribution >= 4 is 45.9 Å². The number of carbonyl (C=O) groups excluding carboxylic acids is 1. The third kappa shape index (κ3) is 9.23. The number of hydrogen-bond donors (Lipinski definition) is 2. The molecular weight excluding hydrogens is 519 g/mol. The molecule has 2 heterocycles. The molecule has 0 radical (unpaired) electrons. The molecule has 2 saturated heterocycles. The molecule has 0 aromatic heterocycles. The van der Waals surface area contributed by atoms with E-state index in [9.17, 15) is 13.2 Å². The van der Waals surface area contributed by atoms with Gasteiger partial charge in [0.05, 0.1) is 12.8 Å². The second-order valence-electron chi connectivity index (χ2n) is 8.31. The maximum absolute atomic E-state index is 11.9. The van der Waals surface area contributed by atoms with E-state index >= 15 is 0 Å². The lowest BCUT2D eigenvalue weighted by Crippen LogP contribution is -2.50. The summed E-state index contributed by atoms with van der Waals surface area (Å²) in [6, 6.07) is 0.352. The van der Waals surface area contributed by atoms with Gasteiger partial charge in [0.2, 0.25) is 15.9 Å². The molecule has 30 heavy (non-hydrogen) atoms. The first-order valence-electron chi connectivity index (χ1n) is 10.6. The van der Waals surface area contributed by atoms with Gasteiger partial charge in [-0.1, -0.05) is 0 Å². The summed E-state index contributed by atoms with van der Waals surface area (Å²) in [4.78, 5) is 20.5. The smallest absolute Gasteiger partial charge is 0.236 e. The molecular formula is C19H39IN6O3S. The molecule has 1 amide bonds. The lowest BCUT2D eigenvalue weighted by Gasteiger charge is -2.33. The lowest BCUT2D eigenvalue weighted by molar-refractivity contribution is -0.130. The average molecular weight is 559 g/mol. The molecule has 9 nitrogen and oxygen atoms in total. The van der Waals surface area contributed by atoms with E-state index in [1.165, 1.54) is 6.26 Å². The number of amides is 1. The molecule has 0 bridgehead atoms. The third-order valence-corrected chi connectivity index (χ3v) is 6.98. The van der Waals surface area contributed by atoms with E-state index in [2.05, 4.69) is 22.5 Å². The lowest BCUT2D eigenvalue weighted by atomic mass is 9.98. The number of nitrogens with one attached hydrogen (secondary N) is 2. The van der Waals surface area contributed by atoms with Crippen LogP contribution in [0, 0.1) is 5.92 Å². The van der Waals surface area contributed by atoms with Crippen LogP contribution in [0.3, 0.4) is 0 Å². The van der Waals surface area contributed by atoms with E-state index in [1.54, 1.807) is 23.3 Å². The van der Waals surface area contributed by atoms with Crippen LogP contribution in [0.5, 0.6) is 0 Å². The van der Waals surface area contributed by atoms with Crippen LogP contribution in [0.25, 0.3) is 0 Å². The van der Waals surface area contributed by atoms with E-state index in [4.69, 9.17) is 4.99 Å². The molecule has 2 rings (SSSR count). The van der Waals surface area contributed by atoms with Gasteiger partial charge in [0.15, 0.2) is 5.96 Å². The van der Waals surface area contributed by atoms with Crippen molar-refractivity contribution in [3.63, 3.8) is 0 Å². The Morgan fingerprint density at radius 2 is 1.70 bits per heavy atom. The van der Waals surface area contributed by atoms with Crippen LogP contribution in [0.1, 0.15) is 32.6 Å². The van der Waals surface area contributed by atoms with E-state index in [0.717, 1.165) is 51.3 Å². The van der Waals surface area contributed by atoms with Crippen molar-refractivity contribution < 1.29 is 13.2 Å². The molecule has 11 heteroatoms. The Hall–Kier alpha value is -0.660. The predicted molar refractivity (Wildman–Crippen MR) is 132 cm³/mol. The number of guanidine groups is 1. The number of carbonyl (C=O) groups is 1. The summed E-state index contributed by atoms with van der Waals surface area (Å²) in [6.45, 7) is 7.04. The van der Waals surface area contributed by atoms with Crippen LogP contribution in [0.2, 0.25) is 0 Å². The van der Waals surface area contributed by atoms with Gasteiger partial charge in [-0.15, -0.1) is 24.0 Å². The molecule has 2 aliphatic heterocycles. The van der Waals surface area contributed by atoms with Gasteiger partial charge in [-0.05, 0) is 38.5 Å². The number of nitrogens with zero attached hydrogens (tertiary/aromatic N) is 4. The van der Waals surface area contributed by atoms with Crippen molar-refractivity contribution in [3.8, 4) is 0 Å². The highest BCUT2D eigenvalue weighted by atomic mass is 127. The number of piperidine rings is 2. The molecule has 0 unspecified atom stereocenters. The Morgan fingerprint density at radius 1 is 1.10 bits per heavy atom. The maximum atomic E-state index is 11.9. The van der Waals surface area contributed by atoms with Crippen molar-refractivity contribution in [2.75, 3.05) is 66.2 Å². The Labute approximate surface area is 199 Å². The Kier molecular flexibility index (Phi) is 11.9. The number of likely N-dealkylation sites (tertiary alicyclic amines) is 1. The van der Waals surface area contributed by atoms with Crippen molar-refractivity contribution in [2.24, 2.45) is 10.9 Å². The topological polar surface area (TPSA) is 97.3 Å². The van der Waals surface area contributed by atoms with Gasteiger partial charge in [0, 0.05) is 59.4 Å². The predicted octanol–water partition coefficient (Wildman–Crippen LogP) is 0.384. The Balaban J connectivity index is 0.00000450. The van der Waals surface area contributed by atoms with E-state index in [1.807, 2.05) is 0 Å². The highest BCUT2D eigenvalue weighted by molar-refractivity contribution is 14.0. The summed E-state index contributed by atoms with van der Waals surface area (Å²) in [5.74, 6) is 1.40. The Morgan fingerprint density at radius 3 is 2.20 bits per heavy atom. The summed E-state index contributed by atoms with van der Waals surface area (Å²) in [5, 5.41) is 6.86. The number of aliphatic imine (C=N–C) groups is 1. The fourth-order valence-corrected chi connectivity index (χ4v) is 4.60. The first kappa shape index (κ1) is 27.4. The minimum absolute atomic E-state index is 0. The first-order chi connectivity index (χ1) is 13.7. The third-order valence-electron chi connectivity index (χ3n) is 5.68. The molecule has 0 spiro atoms. The summed E-state index contributed by atoms with van der Waals surface area (Å²) in [6.07, 6.45) is 4.96. The molecule has 0 aromatic carbocycles. The van der Waals surface area contributed by atoms with Gasteiger partial charge < -0.3 is 15.5 Å². The van der Waals surface area contributed by atoms with Crippen molar-refractivity contribution in [2.45, 2.75) is 38.6 Å². The SMILES string of the molecule is CCNC(=NCC1CCN(S(C)(=O)=O)CC1)NC1CCN(CC(=O)N(C)C)CC1.I. The zero-order valence-corrected chi connectivity index (χ0v) is 21.9. The Bertz CT molecular complexity index is 657. The highest BCUT2D eigenvalue weighted by Gasteiger charge is 2.25. The average Bonchev–Trinajstić information content (AvgIpc) is 2.67. The van der Waals surface area contributed by atoms with Gasteiger partial charge in [0.25, 0.3) is 0 Å². The summed E-state index contributed by atoms with van der Waals surface area (Å²) < 4.78 is 24.8. The minimum Gasteiger partial charge on any atom is -0.357 e. The van der Waals surface area contributed by atoms with E-state index in [0.29, 0.717) is 38.1 Å². The van der Waals surface area contributed by atoms with E-state index < -0.39 is 10.0 Å². The van der Waals surface area contributed by atoms with Crippen LogP contribution < -0.4 is 10.6 Å². The minimum atomic E-state index is -3.08. The van der Waals surface area contributed by atoms with Crippen LogP contribution in [-0.4, -0.2) is 107 Å². The fourth-order valence-electron chi connectivity index (χ4n) is 3.73. The number of halogens is 1. The fraction of sp³-hybridized carbons (Fsp3) is 0.895. The van der Waals surface area contributed by atoms with E-state index in [-0.39, 0.29) is 29.9 Å². The monoisotopic (exact) mass is 558 g/mol. The van der Waals surface area contributed by atoms with Crippen LogP contribution in [-0.2, 0) is 14.8 Å². The normalized spacial score (nSPS) is 20.5. The zero-order chi connectivity index (χ0) is 21.4. The number of rotatable bonds is 7. The van der Waals surface area contributed by atoms with Gasteiger partial charge >= 0.3 is 0 Å². The van der Waals surface area contributed by atoms with Crippen molar-refractivity contribution in [3.05, 3.63) is 0 Å². The molecule has 2 N–H and O–H groups in total. The van der Waals surface area contributed by atoms with Crippen molar-refractivity contribution in [1.29, 1.82) is 0 Å². The summed E-state index contributed by atoms with van der Waals surface area (Å²) in [7, 11) is 0.505. The van der Waals surface area contributed by atoms with Gasteiger partial charge in [-0.2, -0.15) is 0 Å². The number of sulfonamides is 1. The largest absolute Gasteiger partial charge is 0.357 e. The van der Waals surface area contributed by atoms with Crippen LogP contribution in [0.4, 0.5) is 0 Å². The molecule has 0 aromatic rings. The highest BCUT2D eigenvalue weighted by Crippen LogP contribution is 2.19. The van der Waals surface area contributed by atoms with Gasteiger partial charge in [0.1, 0.15) is 0 Å². The molecule has 2 aliphatic rings. The zero-order valence-electron chi connectivity index (χ0n) is 18.8. The number of hydrogen-bond acceptors (Lipinski definition) is 5. The molecule has 0 saturated carbocycles. The number of likely N-dealkylation sites (N-methyl/N-ethyl adjacent to an activating group) is 1.